The van der Waals surface area contributed by atoms with E-state index in [0.717, 1.165) is 11.1 Å². The number of aryl methyl sites for hydroxylation is 1. The number of nitrogens with one attached hydrogen (secondary N) is 2. The van der Waals surface area contributed by atoms with Gasteiger partial charge in [-0.25, -0.2) is 4.79 Å². The summed E-state index contributed by atoms with van der Waals surface area (Å²) in [5.74, 6) is 0.478. The molecule has 3 aromatic rings. The van der Waals surface area contributed by atoms with Gasteiger partial charge in [-0.2, -0.15) is 0 Å². The molecule has 1 aromatic heterocycles. The molecule has 1 aliphatic heterocycles. The van der Waals surface area contributed by atoms with Crippen LogP contribution in [0.5, 0.6) is 5.75 Å². The third kappa shape index (κ3) is 5.45. The molecule has 2 atom stereocenters. The van der Waals surface area contributed by atoms with Crippen LogP contribution in [0.3, 0.4) is 0 Å². The van der Waals surface area contributed by atoms with E-state index >= 15 is 0 Å². The number of furan rings is 1. The fourth-order valence-corrected chi connectivity index (χ4v) is 4.41. The van der Waals surface area contributed by atoms with Crippen molar-refractivity contribution in [3.63, 3.8) is 0 Å². The van der Waals surface area contributed by atoms with Gasteiger partial charge in [0.15, 0.2) is 0 Å². The second-order valence-electron chi connectivity index (χ2n) is 10.0. The number of amides is 3. The lowest BCUT2D eigenvalue weighted by Crippen LogP contribution is -2.40. The van der Waals surface area contributed by atoms with Gasteiger partial charge in [0.2, 0.25) is 5.91 Å². The fraction of sp³-hybridized carbons (Fsp3) is 0.370. The molecule has 36 heavy (non-hydrogen) atoms. The van der Waals surface area contributed by atoms with E-state index in [9.17, 15) is 14.4 Å². The Kier molecular flexibility index (Phi) is 6.92. The van der Waals surface area contributed by atoms with Crippen LogP contribution in [0.4, 0.5) is 4.79 Å². The molecule has 0 radical (unpaired) electrons. The number of ether oxygens (including phenoxy) is 2. The first kappa shape index (κ1) is 25.1. The Morgan fingerprint density at radius 3 is 2.67 bits per heavy atom. The first-order chi connectivity index (χ1) is 17.0. The largest absolute Gasteiger partial charge is 0.489 e. The number of nitrogens with two attached hydrogens (primary N) is 1. The fourth-order valence-electron chi connectivity index (χ4n) is 4.41. The standard InChI is InChI=1S/C27H31N3O6/c1-15-22(25(32)30-20-10-11-29-24(20)31)19-13-18(8-9-21(19)35-15)34-14-16-6-5-7-17(12-16)23(27(2,3)4)36-26(28)33/h5-9,12-13,20,23H,10-11,14H2,1-4H3,(H2,28,33)(H,29,31)(H,30,32). The summed E-state index contributed by atoms with van der Waals surface area (Å²) < 4.78 is 17.2. The Hall–Kier alpha value is -4.01. The van der Waals surface area contributed by atoms with Gasteiger partial charge in [-0.1, -0.05) is 39.0 Å². The van der Waals surface area contributed by atoms with Crippen molar-refractivity contribution in [3.05, 3.63) is 64.9 Å². The van der Waals surface area contributed by atoms with Crippen LogP contribution in [-0.4, -0.2) is 30.5 Å². The molecule has 0 saturated carbocycles. The minimum absolute atomic E-state index is 0.185. The molecule has 9 heteroatoms. The van der Waals surface area contributed by atoms with Gasteiger partial charge in [-0.3, -0.25) is 9.59 Å². The highest BCUT2D eigenvalue weighted by atomic mass is 16.6. The summed E-state index contributed by atoms with van der Waals surface area (Å²) in [5, 5.41) is 6.11. The van der Waals surface area contributed by atoms with Crippen molar-refractivity contribution in [1.29, 1.82) is 0 Å². The van der Waals surface area contributed by atoms with Crippen LogP contribution in [0.25, 0.3) is 11.0 Å². The maximum Gasteiger partial charge on any atom is 0.405 e. The van der Waals surface area contributed by atoms with Gasteiger partial charge in [0.25, 0.3) is 5.91 Å². The molecule has 0 bridgehead atoms. The normalized spacial score (nSPS) is 16.4. The van der Waals surface area contributed by atoms with Gasteiger partial charge in [-0.05, 0) is 48.7 Å². The average molecular weight is 494 g/mol. The smallest absolute Gasteiger partial charge is 0.405 e. The molecule has 1 aliphatic rings. The number of fused-ring (bicyclic) bond motifs is 1. The number of hydrogen-bond donors (Lipinski definition) is 3. The Balaban J connectivity index is 1.53. The summed E-state index contributed by atoms with van der Waals surface area (Å²) in [4.78, 5) is 36.3. The molecule has 1 fully saturated rings. The maximum absolute atomic E-state index is 13.0. The first-order valence-electron chi connectivity index (χ1n) is 11.8. The second-order valence-corrected chi connectivity index (χ2v) is 10.0. The van der Waals surface area contributed by atoms with Gasteiger partial charge in [0, 0.05) is 17.3 Å². The molecule has 9 nitrogen and oxygen atoms in total. The van der Waals surface area contributed by atoms with Crippen molar-refractivity contribution >= 4 is 28.9 Å². The summed E-state index contributed by atoms with van der Waals surface area (Å²) in [6.07, 6.45) is -0.787. The van der Waals surface area contributed by atoms with E-state index in [1.165, 1.54) is 0 Å². The van der Waals surface area contributed by atoms with Crippen molar-refractivity contribution in [2.24, 2.45) is 11.1 Å². The molecular formula is C27H31N3O6. The van der Waals surface area contributed by atoms with Gasteiger partial charge >= 0.3 is 6.09 Å². The lowest BCUT2D eigenvalue weighted by molar-refractivity contribution is -0.120. The summed E-state index contributed by atoms with van der Waals surface area (Å²) in [6.45, 7) is 8.43. The van der Waals surface area contributed by atoms with E-state index in [-0.39, 0.29) is 23.8 Å². The van der Waals surface area contributed by atoms with Crippen LogP contribution in [0.2, 0.25) is 0 Å². The zero-order valence-electron chi connectivity index (χ0n) is 20.8. The number of carbonyl (C=O) groups is 3. The lowest BCUT2D eigenvalue weighted by atomic mass is 9.84. The molecule has 1 saturated heterocycles. The van der Waals surface area contributed by atoms with E-state index in [0.29, 0.717) is 41.0 Å². The number of benzene rings is 2. The van der Waals surface area contributed by atoms with E-state index in [1.807, 2.05) is 45.0 Å². The maximum atomic E-state index is 13.0. The predicted molar refractivity (Wildman–Crippen MR) is 133 cm³/mol. The predicted octanol–water partition coefficient (Wildman–Crippen LogP) is 4.12. The Morgan fingerprint density at radius 1 is 1.22 bits per heavy atom. The van der Waals surface area contributed by atoms with Crippen LogP contribution < -0.4 is 21.1 Å². The zero-order chi connectivity index (χ0) is 26.0. The van der Waals surface area contributed by atoms with Crippen molar-refractivity contribution in [2.75, 3.05) is 6.54 Å². The Labute approximate surface area is 209 Å². The molecule has 2 heterocycles. The van der Waals surface area contributed by atoms with Crippen molar-refractivity contribution in [2.45, 2.75) is 52.9 Å². The molecule has 4 N–H and O–H groups in total. The second kappa shape index (κ2) is 9.93. The summed E-state index contributed by atoms with van der Waals surface area (Å²) in [6, 6.07) is 12.3. The first-order valence-corrected chi connectivity index (χ1v) is 11.8. The average Bonchev–Trinajstić information content (AvgIpc) is 3.36. The molecule has 3 amide bonds. The van der Waals surface area contributed by atoms with Crippen molar-refractivity contribution < 1.29 is 28.3 Å². The van der Waals surface area contributed by atoms with Gasteiger partial charge in [0.1, 0.15) is 35.8 Å². The van der Waals surface area contributed by atoms with Gasteiger partial charge < -0.3 is 30.3 Å². The minimum Gasteiger partial charge on any atom is -0.489 e. The Bertz CT molecular complexity index is 1310. The van der Waals surface area contributed by atoms with Crippen LogP contribution in [0.1, 0.15) is 60.5 Å². The number of hydrogen-bond acceptors (Lipinski definition) is 6. The van der Waals surface area contributed by atoms with Gasteiger partial charge in [-0.15, -0.1) is 0 Å². The molecular weight excluding hydrogens is 462 g/mol. The summed E-state index contributed by atoms with van der Waals surface area (Å²) in [7, 11) is 0. The third-order valence-electron chi connectivity index (χ3n) is 6.10. The quantitative estimate of drug-likeness (QED) is 0.453. The molecule has 190 valence electrons. The summed E-state index contributed by atoms with van der Waals surface area (Å²) >= 11 is 0. The third-order valence-corrected chi connectivity index (χ3v) is 6.10. The van der Waals surface area contributed by atoms with Crippen molar-refractivity contribution in [1.82, 2.24) is 10.6 Å². The number of primary amides is 1. The number of rotatable bonds is 7. The van der Waals surface area contributed by atoms with E-state index in [2.05, 4.69) is 10.6 Å². The van der Waals surface area contributed by atoms with Crippen LogP contribution in [-0.2, 0) is 16.1 Å². The van der Waals surface area contributed by atoms with Crippen LogP contribution in [0.15, 0.2) is 46.9 Å². The topological polar surface area (TPSA) is 133 Å². The minimum atomic E-state index is -0.825. The monoisotopic (exact) mass is 493 g/mol. The highest BCUT2D eigenvalue weighted by molar-refractivity contribution is 6.08. The molecule has 0 aliphatic carbocycles. The van der Waals surface area contributed by atoms with E-state index in [4.69, 9.17) is 19.6 Å². The zero-order valence-corrected chi connectivity index (χ0v) is 20.8. The van der Waals surface area contributed by atoms with E-state index in [1.54, 1.807) is 25.1 Å². The van der Waals surface area contributed by atoms with E-state index < -0.39 is 18.2 Å². The molecule has 4 rings (SSSR count). The molecule has 0 spiro atoms. The Morgan fingerprint density at radius 2 is 2.00 bits per heavy atom. The van der Waals surface area contributed by atoms with Crippen LogP contribution in [0, 0.1) is 12.3 Å². The van der Waals surface area contributed by atoms with Crippen LogP contribution >= 0.6 is 0 Å². The highest BCUT2D eigenvalue weighted by Gasteiger charge is 2.30. The highest BCUT2D eigenvalue weighted by Crippen LogP contribution is 2.36. The van der Waals surface area contributed by atoms with Crippen molar-refractivity contribution in [3.8, 4) is 5.75 Å². The summed E-state index contributed by atoms with van der Waals surface area (Å²) in [5.41, 5.74) is 7.57. The molecule has 2 aromatic carbocycles. The van der Waals surface area contributed by atoms with Gasteiger partial charge in [0.05, 0.1) is 5.56 Å². The number of carbonyl (C=O) groups excluding carboxylic acids is 3. The molecule has 2 unspecified atom stereocenters. The SMILES string of the molecule is Cc1oc2ccc(OCc3cccc(C(OC(N)=O)C(C)(C)C)c3)cc2c1C(=O)NC1CCNC1=O. The lowest BCUT2D eigenvalue weighted by Gasteiger charge is -2.30.